The molecule has 124 valence electrons. The molecule has 0 atom stereocenters. The number of carbonyl (C=O) groups is 2. The van der Waals surface area contributed by atoms with Crippen molar-refractivity contribution in [3.8, 4) is 0 Å². The molecule has 5 nitrogen and oxygen atoms in total. The van der Waals surface area contributed by atoms with Crippen molar-refractivity contribution in [2.45, 2.75) is 39.5 Å². The van der Waals surface area contributed by atoms with Crippen molar-refractivity contribution in [3.05, 3.63) is 35.9 Å². The molecule has 0 aromatic heterocycles. The first-order valence-corrected chi connectivity index (χ1v) is 8.26. The molecule has 1 aromatic carbocycles. The van der Waals surface area contributed by atoms with Crippen molar-refractivity contribution in [3.63, 3.8) is 0 Å². The van der Waals surface area contributed by atoms with E-state index in [0.717, 1.165) is 17.7 Å². The van der Waals surface area contributed by atoms with Crippen molar-refractivity contribution < 1.29 is 9.59 Å². The van der Waals surface area contributed by atoms with Crippen LogP contribution in [0, 0.1) is 5.92 Å². The van der Waals surface area contributed by atoms with Crippen molar-refractivity contribution in [2.24, 2.45) is 11.0 Å². The second-order valence-electron chi connectivity index (χ2n) is 6.21. The molecule has 0 aliphatic carbocycles. The second-order valence-corrected chi connectivity index (χ2v) is 6.21. The number of hydrogen-bond acceptors (Lipinski definition) is 3. The van der Waals surface area contributed by atoms with Gasteiger partial charge < -0.3 is 5.32 Å². The van der Waals surface area contributed by atoms with E-state index in [-0.39, 0.29) is 18.2 Å². The van der Waals surface area contributed by atoms with E-state index in [1.165, 1.54) is 5.01 Å². The number of hydrazone groups is 1. The number of rotatable bonds is 7. The third kappa shape index (κ3) is 5.51. The van der Waals surface area contributed by atoms with Gasteiger partial charge in [0.2, 0.25) is 11.8 Å². The maximum absolute atomic E-state index is 12.0. The average molecular weight is 315 g/mol. The van der Waals surface area contributed by atoms with Crippen LogP contribution in [0.5, 0.6) is 0 Å². The van der Waals surface area contributed by atoms with Gasteiger partial charge in [0.15, 0.2) is 0 Å². The number of carbonyl (C=O) groups excluding carboxylic acids is 2. The molecule has 0 saturated heterocycles. The molecular weight excluding hydrogens is 290 g/mol. The van der Waals surface area contributed by atoms with Crippen LogP contribution in [0.15, 0.2) is 35.4 Å². The van der Waals surface area contributed by atoms with Crippen LogP contribution in [-0.2, 0) is 9.59 Å². The lowest BCUT2D eigenvalue weighted by Crippen LogP contribution is -2.35. The fraction of sp³-hybridized carbons (Fsp3) is 0.500. The highest BCUT2D eigenvalue weighted by atomic mass is 16.2. The maximum atomic E-state index is 12.0. The van der Waals surface area contributed by atoms with Crippen LogP contribution in [0.1, 0.15) is 45.1 Å². The first-order valence-electron chi connectivity index (χ1n) is 8.26. The second kappa shape index (κ2) is 8.46. The van der Waals surface area contributed by atoms with Crippen LogP contribution in [0.25, 0.3) is 0 Å². The molecule has 0 unspecified atom stereocenters. The molecule has 0 spiro atoms. The summed E-state index contributed by atoms with van der Waals surface area (Å²) in [6.07, 6.45) is 2.35. The van der Waals surface area contributed by atoms with Gasteiger partial charge in [-0.15, -0.1) is 0 Å². The fourth-order valence-electron chi connectivity index (χ4n) is 2.41. The molecule has 1 aliphatic rings. The third-order valence-electron chi connectivity index (χ3n) is 3.81. The Balaban J connectivity index is 1.88. The van der Waals surface area contributed by atoms with E-state index < -0.39 is 0 Å². The Morgan fingerprint density at radius 1 is 1.26 bits per heavy atom. The highest BCUT2D eigenvalue weighted by Gasteiger charge is 2.21. The van der Waals surface area contributed by atoms with E-state index >= 15 is 0 Å². The lowest BCUT2D eigenvalue weighted by atomic mass is 10.0. The summed E-state index contributed by atoms with van der Waals surface area (Å²) in [5.74, 6) is 0.525. The van der Waals surface area contributed by atoms with Gasteiger partial charge in [0.25, 0.3) is 0 Å². The van der Waals surface area contributed by atoms with Gasteiger partial charge >= 0.3 is 0 Å². The molecule has 1 heterocycles. The highest BCUT2D eigenvalue weighted by Crippen LogP contribution is 2.15. The minimum Gasteiger partial charge on any atom is -0.356 e. The lowest BCUT2D eigenvalue weighted by molar-refractivity contribution is -0.132. The largest absolute Gasteiger partial charge is 0.356 e. The summed E-state index contributed by atoms with van der Waals surface area (Å²) in [7, 11) is 0. The van der Waals surface area contributed by atoms with E-state index in [1.807, 2.05) is 30.3 Å². The average Bonchev–Trinajstić information content (AvgIpc) is 2.54. The minimum atomic E-state index is -0.0273. The number of hydrogen-bond donors (Lipinski definition) is 1. The normalized spacial score (nSPS) is 14.8. The van der Waals surface area contributed by atoms with Crippen LogP contribution in [0.2, 0.25) is 0 Å². The summed E-state index contributed by atoms with van der Waals surface area (Å²) in [5, 5.41) is 8.76. The Hall–Kier alpha value is -2.17. The molecule has 0 fully saturated rings. The molecule has 1 N–H and O–H groups in total. The van der Waals surface area contributed by atoms with Crippen LogP contribution in [0.3, 0.4) is 0 Å². The molecule has 23 heavy (non-hydrogen) atoms. The summed E-state index contributed by atoms with van der Waals surface area (Å²) >= 11 is 0. The molecule has 5 heteroatoms. The molecule has 0 radical (unpaired) electrons. The van der Waals surface area contributed by atoms with Crippen molar-refractivity contribution in [2.75, 3.05) is 13.1 Å². The Kier molecular flexibility index (Phi) is 6.32. The van der Waals surface area contributed by atoms with E-state index in [9.17, 15) is 9.59 Å². The van der Waals surface area contributed by atoms with E-state index in [2.05, 4.69) is 24.3 Å². The fourth-order valence-corrected chi connectivity index (χ4v) is 2.41. The molecule has 2 rings (SSSR count). The quantitative estimate of drug-likeness (QED) is 0.840. The number of nitrogens with zero attached hydrogens (tertiary/aromatic N) is 2. The number of amides is 2. The smallest absolute Gasteiger partial charge is 0.243 e. The molecule has 1 aliphatic heterocycles. The van der Waals surface area contributed by atoms with Crippen LogP contribution in [0.4, 0.5) is 0 Å². The summed E-state index contributed by atoms with van der Waals surface area (Å²) < 4.78 is 0. The predicted molar refractivity (Wildman–Crippen MR) is 91.0 cm³/mol. The monoisotopic (exact) mass is 315 g/mol. The minimum absolute atomic E-state index is 0.0142. The van der Waals surface area contributed by atoms with Crippen molar-refractivity contribution in [1.82, 2.24) is 10.3 Å². The first-order chi connectivity index (χ1) is 11.1. The third-order valence-corrected chi connectivity index (χ3v) is 3.81. The summed E-state index contributed by atoms with van der Waals surface area (Å²) in [5.41, 5.74) is 1.94. The van der Waals surface area contributed by atoms with E-state index in [0.29, 0.717) is 31.8 Å². The summed E-state index contributed by atoms with van der Waals surface area (Å²) in [4.78, 5) is 23.8. The van der Waals surface area contributed by atoms with Gasteiger partial charge in [-0.2, -0.15) is 5.10 Å². The predicted octanol–water partition coefficient (Wildman–Crippen LogP) is 2.57. The summed E-state index contributed by atoms with van der Waals surface area (Å²) in [6, 6.07) is 9.86. The van der Waals surface area contributed by atoms with Gasteiger partial charge in [0.05, 0.1) is 12.3 Å². The van der Waals surface area contributed by atoms with Crippen LogP contribution in [-0.4, -0.2) is 35.6 Å². The lowest BCUT2D eigenvalue weighted by Gasteiger charge is -2.23. The Bertz CT molecular complexity index is 567. The number of nitrogens with one attached hydrogen (secondary N) is 1. The first kappa shape index (κ1) is 17.2. The SMILES string of the molecule is CC(C)CCNC(=O)CCN1N=C(c2ccccc2)CCC1=O. The van der Waals surface area contributed by atoms with Crippen LogP contribution < -0.4 is 5.32 Å². The van der Waals surface area contributed by atoms with E-state index in [1.54, 1.807) is 0 Å². The zero-order valence-electron chi connectivity index (χ0n) is 13.9. The van der Waals surface area contributed by atoms with Crippen molar-refractivity contribution in [1.29, 1.82) is 0 Å². The standard InChI is InChI=1S/C18H25N3O2/c1-14(2)10-12-19-17(22)11-13-21-18(23)9-8-16(20-21)15-6-4-3-5-7-15/h3-7,14H,8-13H2,1-2H3,(H,19,22). The van der Waals surface area contributed by atoms with Gasteiger partial charge in [-0.1, -0.05) is 44.2 Å². The zero-order valence-corrected chi connectivity index (χ0v) is 13.9. The highest BCUT2D eigenvalue weighted by molar-refractivity contribution is 6.04. The number of benzene rings is 1. The topological polar surface area (TPSA) is 61.8 Å². The van der Waals surface area contributed by atoms with E-state index in [4.69, 9.17) is 0 Å². The van der Waals surface area contributed by atoms with Gasteiger partial charge in [0, 0.05) is 25.8 Å². The summed E-state index contributed by atoms with van der Waals surface area (Å²) in [6.45, 7) is 5.27. The van der Waals surface area contributed by atoms with Crippen molar-refractivity contribution >= 4 is 17.5 Å². The van der Waals surface area contributed by atoms with Gasteiger partial charge in [-0.05, 0) is 17.9 Å². The Morgan fingerprint density at radius 2 is 2.00 bits per heavy atom. The van der Waals surface area contributed by atoms with Gasteiger partial charge in [0.1, 0.15) is 0 Å². The van der Waals surface area contributed by atoms with Gasteiger partial charge in [-0.3, -0.25) is 9.59 Å². The Labute approximate surface area is 137 Å². The molecule has 0 bridgehead atoms. The molecule has 0 saturated carbocycles. The zero-order chi connectivity index (χ0) is 16.7. The van der Waals surface area contributed by atoms with Crippen LogP contribution >= 0.6 is 0 Å². The van der Waals surface area contributed by atoms with Gasteiger partial charge in [-0.25, -0.2) is 5.01 Å². The molecule has 2 amide bonds. The Morgan fingerprint density at radius 3 is 2.70 bits per heavy atom. The molecular formula is C18H25N3O2. The molecule has 1 aromatic rings. The maximum Gasteiger partial charge on any atom is 0.243 e.